The van der Waals surface area contributed by atoms with E-state index in [-0.39, 0.29) is 5.82 Å². The van der Waals surface area contributed by atoms with Crippen molar-refractivity contribution in [2.45, 2.75) is 13.3 Å². The number of halogens is 1. The number of fused-ring (bicyclic) bond motifs is 1. The predicted octanol–water partition coefficient (Wildman–Crippen LogP) is 6.98. The number of hydrogen-bond donors (Lipinski definition) is 3. The Morgan fingerprint density at radius 3 is 2.72 bits per heavy atom. The summed E-state index contributed by atoms with van der Waals surface area (Å²) in [6.45, 7) is 2.09. The zero-order valence-corrected chi connectivity index (χ0v) is 17.8. The molecule has 0 amide bonds. The number of nitrogens with zero attached hydrogens (tertiary/aromatic N) is 1. The Morgan fingerprint density at radius 2 is 2.03 bits per heavy atom. The topological polar surface area (TPSA) is 52.7 Å². The van der Waals surface area contributed by atoms with Gasteiger partial charge in [-0.2, -0.15) is 16.4 Å². The standard InChI is InChI=1S/C22H21FN4S2/c1-3-4-19(15-11-12-29-13-15)24-22-18-10-9-17(20(23)21(18)25-26-22)14-5-7-16(8-6-14)27-28-2/h4-13,27H,3H2,1-2H3,(H2,24,25,26)/b19-4-. The van der Waals surface area contributed by atoms with E-state index in [4.69, 9.17) is 0 Å². The van der Waals surface area contributed by atoms with Crippen LogP contribution in [0.5, 0.6) is 0 Å². The molecule has 0 atom stereocenters. The van der Waals surface area contributed by atoms with Crippen LogP contribution in [-0.2, 0) is 0 Å². The number of thiophene rings is 1. The second kappa shape index (κ2) is 8.71. The first kappa shape index (κ1) is 19.5. The summed E-state index contributed by atoms with van der Waals surface area (Å²) in [5.41, 5.74) is 4.83. The molecule has 0 aliphatic rings. The molecule has 29 heavy (non-hydrogen) atoms. The molecule has 3 N–H and O–H groups in total. The molecule has 0 saturated heterocycles. The fourth-order valence-corrected chi connectivity index (χ4v) is 4.23. The fraction of sp³-hybridized carbons (Fsp3) is 0.136. The summed E-state index contributed by atoms with van der Waals surface area (Å²) in [5, 5.41) is 15.4. The highest BCUT2D eigenvalue weighted by Gasteiger charge is 2.15. The van der Waals surface area contributed by atoms with Crippen molar-refractivity contribution in [3.63, 3.8) is 0 Å². The van der Waals surface area contributed by atoms with Gasteiger partial charge in [0.15, 0.2) is 11.6 Å². The first-order chi connectivity index (χ1) is 14.2. The van der Waals surface area contributed by atoms with Gasteiger partial charge in [-0.05, 0) is 41.6 Å². The smallest absolute Gasteiger partial charge is 0.160 e. The third kappa shape index (κ3) is 4.02. The maximum Gasteiger partial charge on any atom is 0.160 e. The van der Waals surface area contributed by atoms with Gasteiger partial charge in [-0.1, -0.05) is 43.1 Å². The van der Waals surface area contributed by atoms with Crippen LogP contribution in [0.1, 0.15) is 18.9 Å². The quantitative estimate of drug-likeness (QED) is 0.280. The molecule has 4 rings (SSSR count). The number of rotatable bonds is 7. The van der Waals surface area contributed by atoms with Crippen molar-refractivity contribution in [1.29, 1.82) is 0 Å². The van der Waals surface area contributed by atoms with E-state index in [0.29, 0.717) is 16.9 Å². The minimum absolute atomic E-state index is 0.301. The molecule has 0 fully saturated rings. The minimum atomic E-state index is -0.301. The first-order valence-corrected chi connectivity index (χ1v) is 11.4. The molecule has 148 valence electrons. The molecule has 4 nitrogen and oxygen atoms in total. The third-order valence-corrected chi connectivity index (χ3v) is 5.71. The zero-order valence-electron chi connectivity index (χ0n) is 16.1. The molecular weight excluding hydrogens is 403 g/mol. The molecule has 4 aromatic rings. The number of allylic oxidation sites excluding steroid dienone is 1. The van der Waals surface area contributed by atoms with Crippen molar-refractivity contribution in [3.8, 4) is 11.1 Å². The third-order valence-electron chi connectivity index (χ3n) is 4.59. The molecular formula is C22H21FN4S2. The molecule has 0 radical (unpaired) electrons. The molecule has 2 aromatic carbocycles. The largest absolute Gasteiger partial charge is 0.338 e. The number of H-pyrrole nitrogens is 1. The summed E-state index contributed by atoms with van der Waals surface area (Å²) in [7, 11) is 0. The van der Waals surface area contributed by atoms with Gasteiger partial charge in [-0.3, -0.25) is 5.10 Å². The summed E-state index contributed by atoms with van der Waals surface area (Å²) < 4.78 is 18.4. The Bertz CT molecular complexity index is 1130. The van der Waals surface area contributed by atoms with Crippen molar-refractivity contribution >= 4 is 51.4 Å². The fourth-order valence-electron chi connectivity index (χ4n) is 3.20. The van der Waals surface area contributed by atoms with Crippen LogP contribution in [0.15, 0.2) is 59.3 Å². The van der Waals surface area contributed by atoms with E-state index in [1.54, 1.807) is 11.3 Å². The Balaban J connectivity index is 1.68. The van der Waals surface area contributed by atoms with E-state index in [1.807, 2.05) is 48.0 Å². The van der Waals surface area contributed by atoms with Crippen LogP contribution in [-0.4, -0.2) is 16.5 Å². The number of aromatic nitrogens is 2. The molecule has 2 heterocycles. The normalized spacial score (nSPS) is 11.8. The lowest BCUT2D eigenvalue weighted by molar-refractivity contribution is 0.639. The lowest BCUT2D eigenvalue weighted by atomic mass is 10.0. The van der Waals surface area contributed by atoms with Crippen LogP contribution in [0.3, 0.4) is 0 Å². The van der Waals surface area contributed by atoms with E-state index >= 15 is 4.39 Å². The van der Waals surface area contributed by atoms with Gasteiger partial charge in [0.2, 0.25) is 0 Å². The molecule has 0 spiro atoms. The second-order valence-corrected chi connectivity index (χ2v) is 7.86. The summed E-state index contributed by atoms with van der Waals surface area (Å²) in [6, 6.07) is 13.5. The van der Waals surface area contributed by atoms with Gasteiger partial charge in [-0.25, -0.2) is 4.39 Å². The number of nitrogens with one attached hydrogen (secondary N) is 3. The molecule has 2 aromatic heterocycles. The van der Waals surface area contributed by atoms with Crippen molar-refractivity contribution in [2.24, 2.45) is 0 Å². The van der Waals surface area contributed by atoms with Gasteiger partial charge in [0, 0.05) is 39.5 Å². The van der Waals surface area contributed by atoms with Crippen molar-refractivity contribution in [2.75, 3.05) is 16.3 Å². The summed E-state index contributed by atoms with van der Waals surface area (Å²) >= 11 is 3.16. The number of benzene rings is 2. The predicted molar refractivity (Wildman–Crippen MR) is 125 cm³/mol. The molecule has 0 unspecified atom stereocenters. The van der Waals surface area contributed by atoms with Gasteiger partial charge in [0.05, 0.1) is 0 Å². The number of aromatic amines is 1. The van der Waals surface area contributed by atoms with Crippen LogP contribution in [0.4, 0.5) is 15.9 Å². The van der Waals surface area contributed by atoms with Gasteiger partial charge in [0.25, 0.3) is 0 Å². The molecule has 0 saturated carbocycles. The van der Waals surface area contributed by atoms with E-state index in [9.17, 15) is 0 Å². The summed E-state index contributed by atoms with van der Waals surface area (Å²) in [5.74, 6) is 0.320. The highest BCUT2D eigenvalue weighted by Crippen LogP contribution is 2.33. The zero-order chi connectivity index (χ0) is 20.2. The molecule has 0 aliphatic carbocycles. The summed E-state index contributed by atoms with van der Waals surface area (Å²) in [6.07, 6.45) is 4.96. The Morgan fingerprint density at radius 1 is 1.21 bits per heavy atom. The lowest BCUT2D eigenvalue weighted by Crippen LogP contribution is -1.98. The van der Waals surface area contributed by atoms with E-state index in [1.165, 1.54) is 11.9 Å². The maximum absolute atomic E-state index is 15.2. The van der Waals surface area contributed by atoms with Crippen LogP contribution in [0.2, 0.25) is 0 Å². The minimum Gasteiger partial charge on any atom is -0.338 e. The van der Waals surface area contributed by atoms with E-state index in [0.717, 1.165) is 34.3 Å². The van der Waals surface area contributed by atoms with Crippen LogP contribution < -0.4 is 10.0 Å². The van der Waals surface area contributed by atoms with Gasteiger partial charge in [0.1, 0.15) is 5.52 Å². The number of anilines is 2. The summed E-state index contributed by atoms with van der Waals surface area (Å²) in [4.78, 5) is 0. The maximum atomic E-state index is 15.2. The monoisotopic (exact) mass is 424 g/mol. The van der Waals surface area contributed by atoms with Gasteiger partial charge >= 0.3 is 0 Å². The second-order valence-electron chi connectivity index (χ2n) is 6.47. The highest BCUT2D eigenvalue weighted by molar-refractivity contribution is 7.99. The molecule has 7 heteroatoms. The Hall–Kier alpha value is -2.77. The Labute approximate surface area is 177 Å². The van der Waals surface area contributed by atoms with Crippen molar-refractivity contribution < 1.29 is 4.39 Å². The van der Waals surface area contributed by atoms with Crippen LogP contribution in [0.25, 0.3) is 27.7 Å². The van der Waals surface area contributed by atoms with Gasteiger partial charge < -0.3 is 10.0 Å². The van der Waals surface area contributed by atoms with Crippen LogP contribution >= 0.6 is 23.3 Å². The first-order valence-electron chi connectivity index (χ1n) is 9.27. The van der Waals surface area contributed by atoms with Crippen LogP contribution in [0, 0.1) is 5.82 Å². The average Bonchev–Trinajstić information content (AvgIpc) is 3.40. The lowest BCUT2D eigenvalue weighted by Gasteiger charge is -2.09. The number of hydrogen-bond acceptors (Lipinski definition) is 5. The van der Waals surface area contributed by atoms with Crippen molar-refractivity contribution in [3.05, 3.63) is 70.7 Å². The Kier molecular flexibility index (Phi) is 5.87. The average molecular weight is 425 g/mol. The SMILES string of the molecule is CC/C=C(\Nc1n[nH]c2c(F)c(-c3ccc(NSC)cc3)ccc12)c1ccsc1. The molecule has 0 aliphatic heterocycles. The molecule has 0 bridgehead atoms. The van der Waals surface area contributed by atoms with Crippen molar-refractivity contribution in [1.82, 2.24) is 10.2 Å². The van der Waals surface area contributed by atoms with Gasteiger partial charge in [-0.15, -0.1) is 0 Å². The van der Waals surface area contributed by atoms with E-state index in [2.05, 4.69) is 44.7 Å². The highest BCUT2D eigenvalue weighted by atomic mass is 32.2. The van der Waals surface area contributed by atoms with E-state index < -0.39 is 0 Å².